The number of hydrogen-bond donors (Lipinski definition) is 4. The Morgan fingerprint density at radius 3 is 2.09 bits per heavy atom. The standard InChI is InChI=1S/C52H64N4O14/c1-24-11-10-12-25(2)49(64)53-39-40(55-19-16-54(17-20-55)18-21-56-50(65)34-31-13-14-32(23-31)35(34)51(56)66)45(62)36-37(44(39)61)43(60)29(6)47-38(36)48(63)52(8,70-47)68-22-15-33(67-9)26(3)46(69-30(7)57)28(5)42(59)27(4)41(24)58/h10-15,22,24,26-28,31-35,41-42,46,58-60H,16-21,23H2,1-9H3,(H,53,64)/b11-10+,22-15+,25-12-/t24-,26+,27+,28-,31-,32-,33-,34+,35+,41-,42-,46+,52-/m0/s1. The van der Waals surface area contributed by atoms with Gasteiger partial charge in [0.25, 0.3) is 11.7 Å². The minimum absolute atomic E-state index is 0.0257. The van der Waals surface area contributed by atoms with Gasteiger partial charge >= 0.3 is 11.8 Å². The number of benzene rings is 1. The normalized spacial score (nSPS) is 36.5. The Morgan fingerprint density at radius 2 is 1.47 bits per heavy atom. The number of allylic oxidation sites excluding steroid dienone is 6. The van der Waals surface area contributed by atoms with Crippen LogP contribution >= 0.6 is 0 Å². The molecule has 1 saturated carbocycles. The lowest BCUT2D eigenvalue weighted by Gasteiger charge is -2.39. The molecule has 13 atom stereocenters. The summed E-state index contributed by atoms with van der Waals surface area (Å²) in [5, 5.41) is 37.4. The molecule has 0 radical (unpaired) electrons. The van der Waals surface area contributed by atoms with Gasteiger partial charge in [-0.3, -0.25) is 43.4 Å². The number of rotatable bonds is 6. The number of fused-ring (bicyclic) bond motifs is 19. The Morgan fingerprint density at radius 1 is 0.829 bits per heavy atom. The summed E-state index contributed by atoms with van der Waals surface area (Å²) >= 11 is 0. The van der Waals surface area contributed by atoms with Crippen molar-refractivity contribution in [2.24, 2.45) is 47.3 Å². The van der Waals surface area contributed by atoms with Gasteiger partial charge in [0.2, 0.25) is 23.4 Å². The summed E-state index contributed by atoms with van der Waals surface area (Å²) in [6.07, 6.45) is 8.22. The average molecular weight is 969 g/mol. The van der Waals surface area contributed by atoms with E-state index in [-0.39, 0.29) is 83.3 Å². The van der Waals surface area contributed by atoms with Crippen LogP contribution in [0.4, 0.5) is 0 Å². The number of Topliss-reactive ketones (excluding diaryl/α,β-unsaturated/α-hetero) is 3. The highest BCUT2D eigenvalue weighted by Crippen LogP contribution is 2.53. The second-order valence-corrected chi connectivity index (χ2v) is 20.2. The Balaban J connectivity index is 1.13. The molecule has 8 aliphatic rings. The van der Waals surface area contributed by atoms with Crippen molar-refractivity contribution in [1.29, 1.82) is 0 Å². The molecule has 9 rings (SSSR count). The number of amides is 3. The molecule has 3 amide bonds. The van der Waals surface area contributed by atoms with Crippen molar-refractivity contribution in [3.8, 4) is 11.5 Å². The maximum absolute atomic E-state index is 15.2. The van der Waals surface area contributed by atoms with Gasteiger partial charge in [-0.25, -0.2) is 0 Å². The lowest BCUT2D eigenvalue weighted by molar-refractivity contribution is -0.160. The molecule has 18 nitrogen and oxygen atoms in total. The zero-order valence-electron chi connectivity index (χ0n) is 41.1. The van der Waals surface area contributed by atoms with E-state index in [1.54, 1.807) is 44.7 Å². The number of aromatic hydroxyl groups is 1. The Bertz CT molecular complexity index is 2520. The Labute approximate surface area is 407 Å². The highest BCUT2D eigenvalue weighted by Gasteiger charge is 2.59. The number of likely N-dealkylation sites (tertiary alicyclic amines) is 1. The molecule has 2 saturated heterocycles. The van der Waals surface area contributed by atoms with E-state index in [4.69, 9.17) is 18.9 Å². The van der Waals surface area contributed by atoms with Crippen molar-refractivity contribution < 1.29 is 67.8 Å². The average Bonchev–Trinajstić information content (AvgIpc) is 4.08. The number of imide groups is 1. The van der Waals surface area contributed by atoms with Crippen LogP contribution in [0, 0.1) is 54.3 Å². The number of nitrogens with one attached hydrogen (secondary N) is 1. The zero-order valence-corrected chi connectivity index (χ0v) is 41.1. The van der Waals surface area contributed by atoms with E-state index in [2.05, 4.69) is 5.32 Å². The van der Waals surface area contributed by atoms with Gasteiger partial charge < -0.3 is 44.5 Å². The maximum Gasteiger partial charge on any atom is 0.312 e. The smallest absolute Gasteiger partial charge is 0.312 e. The van der Waals surface area contributed by atoms with Crippen LogP contribution in [0.3, 0.4) is 0 Å². The summed E-state index contributed by atoms with van der Waals surface area (Å²) in [6, 6.07) is 0. The van der Waals surface area contributed by atoms with Crippen molar-refractivity contribution in [3.63, 3.8) is 0 Å². The van der Waals surface area contributed by atoms with Gasteiger partial charge in [0, 0.05) is 95.0 Å². The van der Waals surface area contributed by atoms with Gasteiger partial charge in [-0.15, -0.1) is 0 Å². The van der Waals surface area contributed by atoms with Gasteiger partial charge in [-0.1, -0.05) is 58.1 Å². The molecule has 18 heteroatoms. The van der Waals surface area contributed by atoms with Crippen molar-refractivity contribution in [1.82, 2.24) is 20.0 Å². The van der Waals surface area contributed by atoms with Crippen LogP contribution in [0.5, 0.6) is 11.5 Å². The number of piperazine rings is 1. The lowest BCUT2D eigenvalue weighted by atomic mass is 9.78. The van der Waals surface area contributed by atoms with Gasteiger partial charge in [0.1, 0.15) is 29.0 Å². The van der Waals surface area contributed by atoms with Crippen LogP contribution < -0.4 is 10.1 Å². The molecular weight excluding hydrogens is 905 g/mol. The van der Waals surface area contributed by atoms with E-state index >= 15 is 4.79 Å². The predicted molar refractivity (Wildman–Crippen MR) is 251 cm³/mol. The van der Waals surface area contributed by atoms with Crippen molar-refractivity contribution in [2.75, 3.05) is 46.4 Å². The fourth-order valence-corrected chi connectivity index (χ4v) is 11.6. The number of hydrogen-bond acceptors (Lipinski definition) is 16. The number of esters is 1. The Kier molecular flexibility index (Phi) is 13.9. The third kappa shape index (κ3) is 8.59. The van der Waals surface area contributed by atoms with E-state index in [0.717, 1.165) is 6.42 Å². The first-order chi connectivity index (χ1) is 33.1. The number of methoxy groups -OCH3 is 1. The highest BCUT2D eigenvalue weighted by molar-refractivity contribution is 6.32. The van der Waals surface area contributed by atoms with Gasteiger partial charge in [0.15, 0.2) is 0 Å². The fraction of sp³-hybridized carbons (Fsp3) is 0.558. The molecule has 3 aliphatic carbocycles. The lowest BCUT2D eigenvalue weighted by Crippen LogP contribution is -2.51. The minimum Gasteiger partial charge on any atom is -0.507 e. The summed E-state index contributed by atoms with van der Waals surface area (Å²) in [7, 11) is 1.42. The van der Waals surface area contributed by atoms with Crippen molar-refractivity contribution >= 4 is 41.0 Å². The van der Waals surface area contributed by atoms with Crippen LogP contribution in [-0.4, -0.2) is 148 Å². The van der Waals surface area contributed by atoms with Crippen LogP contribution in [0.2, 0.25) is 0 Å². The molecule has 7 bridgehead atoms. The van der Waals surface area contributed by atoms with Crippen molar-refractivity contribution in [3.05, 3.63) is 81.9 Å². The summed E-state index contributed by atoms with van der Waals surface area (Å²) < 4.78 is 23.7. The first-order valence-corrected chi connectivity index (χ1v) is 24.2. The van der Waals surface area contributed by atoms with E-state index in [1.165, 1.54) is 58.1 Å². The number of nitrogens with zero attached hydrogens (tertiary/aromatic N) is 3. The van der Waals surface area contributed by atoms with Crippen LogP contribution in [-0.2, 0) is 33.4 Å². The summed E-state index contributed by atoms with van der Waals surface area (Å²) in [6.45, 7) is 14.0. The zero-order chi connectivity index (χ0) is 50.8. The van der Waals surface area contributed by atoms with Gasteiger partial charge in [-0.2, -0.15) is 0 Å². The largest absolute Gasteiger partial charge is 0.507 e. The molecule has 1 aromatic rings. The monoisotopic (exact) mass is 968 g/mol. The van der Waals surface area contributed by atoms with E-state index in [0.29, 0.717) is 19.6 Å². The first-order valence-electron chi connectivity index (χ1n) is 24.2. The number of ether oxygens (including phenoxy) is 4. The summed E-state index contributed by atoms with van der Waals surface area (Å²) in [5.41, 5.74) is -1.70. The quantitative estimate of drug-likeness (QED) is 0.182. The fourth-order valence-electron chi connectivity index (χ4n) is 11.6. The molecular formula is C52H64N4O14. The van der Waals surface area contributed by atoms with E-state index in [9.17, 15) is 44.1 Å². The number of carbonyl (C=O) groups excluding carboxylic acids is 7. The molecule has 4 N–H and O–H groups in total. The molecule has 0 spiro atoms. The number of aliphatic hydroxyl groups is 2. The second kappa shape index (κ2) is 19.3. The van der Waals surface area contributed by atoms with Crippen LogP contribution in [0.15, 0.2) is 59.7 Å². The van der Waals surface area contributed by atoms with Gasteiger partial charge in [-0.05, 0) is 38.2 Å². The maximum atomic E-state index is 15.2. The third-order valence-electron chi connectivity index (χ3n) is 15.8. The van der Waals surface area contributed by atoms with E-state index < -0.39 is 106 Å². The molecule has 5 heterocycles. The number of aliphatic hydroxyl groups excluding tert-OH is 2. The van der Waals surface area contributed by atoms with Crippen LogP contribution in [0.1, 0.15) is 91.5 Å². The molecule has 3 fully saturated rings. The molecule has 0 unspecified atom stereocenters. The third-order valence-corrected chi connectivity index (χ3v) is 15.8. The predicted octanol–water partition coefficient (Wildman–Crippen LogP) is 3.38. The number of ketones is 3. The van der Waals surface area contributed by atoms with Crippen LogP contribution in [0.25, 0.3) is 0 Å². The molecule has 0 aromatic heterocycles. The molecule has 70 heavy (non-hydrogen) atoms. The SMILES string of the molecule is CO[C@H]1/C=C/O[C@@]2(C)Oc3c(C)c(O)c4c(c3C2=O)C(=O)C(N2CCN(CCN3C(=O)[C@H]5[C@H](C3=O)[C@H]3C=C[C@H]5C3)CC2)=C(NC(=O)/C(C)=C\C=C\[C@H](C)[C@H](O)[C@@H](C)[C@H](O)[C@H](C)[C@H](OC(C)=O)[C@@H]1C)C4=O. The minimum atomic E-state index is -2.13. The molecule has 5 aliphatic heterocycles. The van der Waals surface area contributed by atoms with Crippen molar-refractivity contribution in [2.45, 2.75) is 92.0 Å². The Hall–Kier alpha value is -5.95. The summed E-state index contributed by atoms with van der Waals surface area (Å²) in [4.78, 5) is 103. The van der Waals surface area contributed by atoms with Gasteiger partial charge in [0.05, 0.1) is 53.1 Å². The number of phenols is 1. The number of carbonyl (C=O) groups is 7. The van der Waals surface area contributed by atoms with E-state index in [1.807, 2.05) is 17.1 Å². The molecule has 1 aromatic carbocycles. The number of phenolic OH excluding ortho intramolecular Hbond substituents is 1. The summed E-state index contributed by atoms with van der Waals surface area (Å²) in [5.74, 6) is -10.2. The topological polar surface area (TPSA) is 239 Å². The molecule has 376 valence electrons. The second-order valence-electron chi connectivity index (χ2n) is 20.2. The highest BCUT2D eigenvalue weighted by atomic mass is 16.7. The first kappa shape index (κ1) is 50.4.